The minimum Gasteiger partial charge on any atom is -0.325 e. The van der Waals surface area contributed by atoms with Crippen LogP contribution >= 0.6 is 23.1 Å². The van der Waals surface area contributed by atoms with Crippen molar-refractivity contribution < 1.29 is 18.0 Å². The molecular weight excluding hydrogens is 458 g/mol. The number of amides is 2. The van der Waals surface area contributed by atoms with Gasteiger partial charge in [-0.2, -0.15) is 0 Å². The van der Waals surface area contributed by atoms with Crippen LogP contribution in [-0.4, -0.2) is 59.8 Å². The number of rotatable bonds is 8. The molecule has 0 bridgehead atoms. The van der Waals surface area contributed by atoms with Crippen LogP contribution in [0.15, 0.2) is 28.6 Å². The van der Waals surface area contributed by atoms with Crippen LogP contribution in [0, 0.1) is 5.92 Å². The van der Waals surface area contributed by atoms with Crippen molar-refractivity contribution in [1.82, 2.24) is 14.5 Å². The van der Waals surface area contributed by atoms with E-state index in [0.717, 1.165) is 12.1 Å². The topological polar surface area (TPSA) is 121 Å². The Kier molecular flexibility index (Phi) is 8.03. The number of sulfonamides is 1. The summed E-state index contributed by atoms with van der Waals surface area (Å²) in [6, 6.07) is 7.71. The van der Waals surface area contributed by atoms with Crippen LogP contribution in [0.4, 0.5) is 10.8 Å². The second-order valence-corrected chi connectivity index (χ2v) is 11.4. The van der Waals surface area contributed by atoms with Gasteiger partial charge >= 0.3 is 0 Å². The smallest absolute Gasteiger partial charge is 0.234 e. The van der Waals surface area contributed by atoms with E-state index in [2.05, 4.69) is 27.8 Å². The molecule has 168 valence electrons. The van der Waals surface area contributed by atoms with Gasteiger partial charge in [0.25, 0.3) is 0 Å². The maximum atomic E-state index is 12.4. The van der Waals surface area contributed by atoms with Crippen LogP contribution in [0.5, 0.6) is 0 Å². The van der Waals surface area contributed by atoms with Crippen LogP contribution in [0.3, 0.4) is 0 Å². The molecule has 12 heteroatoms. The summed E-state index contributed by atoms with van der Waals surface area (Å²) in [5, 5.41) is 13.9. The van der Waals surface area contributed by atoms with Crippen molar-refractivity contribution in [2.45, 2.75) is 30.5 Å². The number of nitrogens with one attached hydrogen (secondary N) is 2. The van der Waals surface area contributed by atoms with Gasteiger partial charge in [-0.3, -0.25) is 9.59 Å². The lowest BCUT2D eigenvalue weighted by atomic mass is 9.97. The number of nitrogens with zero attached hydrogens (tertiary/aromatic N) is 3. The predicted molar refractivity (Wildman–Crippen MR) is 123 cm³/mol. The minimum atomic E-state index is -3.22. The SMILES string of the molecule is CCc1ccc(NC(=O)CSc2nnc(NC(=O)C3CCN(S(C)(=O)=O)CC3)s2)cc1. The third-order valence-corrected chi connectivity index (χ3v) is 8.18. The number of thioether (sulfide) groups is 1. The molecule has 0 atom stereocenters. The van der Waals surface area contributed by atoms with E-state index in [1.165, 1.54) is 39.2 Å². The summed E-state index contributed by atoms with van der Waals surface area (Å²) in [5.74, 6) is -0.410. The Labute approximate surface area is 190 Å². The molecular formula is C19H25N5O4S3. The summed E-state index contributed by atoms with van der Waals surface area (Å²) in [4.78, 5) is 24.6. The van der Waals surface area contributed by atoms with Gasteiger partial charge in [0.15, 0.2) is 4.34 Å². The third-order valence-electron chi connectivity index (χ3n) is 4.90. The summed E-state index contributed by atoms with van der Waals surface area (Å²) >= 11 is 2.46. The second kappa shape index (κ2) is 10.5. The normalized spacial score (nSPS) is 15.5. The van der Waals surface area contributed by atoms with Gasteiger partial charge in [-0.15, -0.1) is 10.2 Å². The van der Waals surface area contributed by atoms with E-state index in [1.807, 2.05) is 24.3 Å². The molecule has 1 fully saturated rings. The molecule has 1 aromatic carbocycles. The zero-order chi connectivity index (χ0) is 22.4. The lowest BCUT2D eigenvalue weighted by Crippen LogP contribution is -2.40. The average Bonchev–Trinajstić information content (AvgIpc) is 3.19. The fourth-order valence-electron chi connectivity index (χ4n) is 3.12. The van der Waals surface area contributed by atoms with Crippen LogP contribution in [0.25, 0.3) is 0 Å². The van der Waals surface area contributed by atoms with E-state index in [9.17, 15) is 18.0 Å². The quantitative estimate of drug-likeness (QED) is 0.437. The highest BCUT2D eigenvalue weighted by molar-refractivity contribution is 8.01. The van der Waals surface area contributed by atoms with E-state index in [0.29, 0.717) is 35.4 Å². The molecule has 1 aliphatic rings. The first-order valence-corrected chi connectivity index (χ1v) is 13.5. The number of hydrogen-bond donors (Lipinski definition) is 2. The summed E-state index contributed by atoms with van der Waals surface area (Å²) in [6.07, 6.45) is 3.06. The van der Waals surface area contributed by atoms with E-state index in [4.69, 9.17) is 0 Å². The van der Waals surface area contributed by atoms with Crippen LogP contribution < -0.4 is 10.6 Å². The summed E-state index contributed by atoms with van der Waals surface area (Å²) in [7, 11) is -3.22. The van der Waals surface area contributed by atoms with Gasteiger partial charge in [0, 0.05) is 24.7 Å². The fraction of sp³-hybridized carbons (Fsp3) is 0.474. The van der Waals surface area contributed by atoms with E-state index in [1.54, 1.807) is 0 Å². The van der Waals surface area contributed by atoms with Gasteiger partial charge in [-0.1, -0.05) is 42.2 Å². The molecule has 1 saturated heterocycles. The average molecular weight is 484 g/mol. The number of aromatic nitrogens is 2. The van der Waals surface area contributed by atoms with Gasteiger partial charge < -0.3 is 10.6 Å². The van der Waals surface area contributed by atoms with Crippen molar-refractivity contribution >= 4 is 55.8 Å². The fourth-order valence-corrected chi connectivity index (χ4v) is 5.55. The molecule has 0 spiro atoms. The van der Waals surface area contributed by atoms with E-state index >= 15 is 0 Å². The summed E-state index contributed by atoms with van der Waals surface area (Å²) < 4.78 is 25.1. The van der Waals surface area contributed by atoms with Gasteiger partial charge in [0.1, 0.15) is 0 Å². The zero-order valence-corrected chi connectivity index (χ0v) is 19.8. The molecule has 31 heavy (non-hydrogen) atoms. The Morgan fingerprint density at radius 1 is 1.16 bits per heavy atom. The summed E-state index contributed by atoms with van der Waals surface area (Å²) in [6.45, 7) is 2.75. The molecule has 0 aliphatic carbocycles. The Hall–Kier alpha value is -2.02. The van der Waals surface area contributed by atoms with E-state index in [-0.39, 0.29) is 23.5 Å². The monoisotopic (exact) mass is 483 g/mol. The number of carbonyl (C=O) groups excluding carboxylic acids is 2. The Morgan fingerprint density at radius 3 is 2.45 bits per heavy atom. The van der Waals surface area contributed by atoms with Crippen LogP contribution in [-0.2, 0) is 26.0 Å². The van der Waals surface area contributed by atoms with Gasteiger partial charge in [0.2, 0.25) is 27.0 Å². The minimum absolute atomic E-state index is 0.146. The molecule has 3 rings (SSSR count). The zero-order valence-electron chi connectivity index (χ0n) is 17.3. The molecule has 2 aromatic rings. The first kappa shape index (κ1) is 23.6. The van der Waals surface area contributed by atoms with Crippen LogP contribution in [0.2, 0.25) is 0 Å². The molecule has 1 aromatic heterocycles. The highest BCUT2D eigenvalue weighted by atomic mass is 32.2. The van der Waals surface area contributed by atoms with Gasteiger partial charge in [0.05, 0.1) is 12.0 Å². The molecule has 9 nitrogen and oxygen atoms in total. The molecule has 2 N–H and O–H groups in total. The molecule has 0 saturated carbocycles. The first-order chi connectivity index (χ1) is 14.7. The number of aryl methyl sites for hydroxylation is 1. The van der Waals surface area contributed by atoms with Gasteiger partial charge in [-0.05, 0) is 37.0 Å². The number of hydrogen-bond acceptors (Lipinski definition) is 8. The number of piperidine rings is 1. The number of carbonyl (C=O) groups is 2. The maximum Gasteiger partial charge on any atom is 0.234 e. The molecule has 0 unspecified atom stereocenters. The highest BCUT2D eigenvalue weighted by Gasteiger charge is 2.29. The summed E-state index contributed by atoms with van der Waals surface area (Å²) in [5.41, 5.74) is 1.95. The van der Waals surface area contributed by atoms with Crippen molar-refractivity contribution in [1.29, 1.82) is 0 Å². The molecule has 0 radical (unpaired) electrons. The van der Waals surface area contributed by atoms with Crippen molar-refractivity contribution in [3.8, 4) is 0 Å². The van der Waals surface area contributed by atoms with Crippen molar-refractivity contribution in [2.75, 3.05) is 35.7 Å². The van der Waals surface area contributed by atoms with Crippen molar-refractivity contribution in [3.05, 3.63) is 29.8 Å². The third kappa shape index (κ3) is 6.99. The van der Waals surface area contributed by atoms with E-state index < -0.39 is 10.0 Å². The first-order valence-electron chi connectivity index (χ1n) is 9.85. The number of benzene rings is 1. The Morgan fingerprint density at radius 2 is 1.84 bits per heavy atom. The maximum absolute atomic E-state index is 12.4. The molecule has 2 heterocycles. The van der Waals surface area contributed by atoms with Gasteiger partial charge in [-0.25, -0.2) is 12.7 Å². The second-order valence-electron chi connectivity index (χ2n) is 7.19. The lowest BCUT2D eigenvalue weighted by Gasteiger charge is -2.29. The van der Waals surface area contributed by atoms with Crippen LogP contribution in [0.1, 0.15) is 25.3 Å². The largest absolute Gasteiger partial charge is 0.325 e. The molecule has 2 amide bonds. The standard InChI is InChI=1S/C19H25N5O4S3/c1-3-13-4-6-15(7-5-13)20-16(25)12-29-19-23-22-18(30-19)21-17(26)14-8-10-24(11-9-14)31(2,27)28/h4-7,14H,3,8-12H2,1-2H3,(H,20,25)(H,21,22,26). The predicted octanol–water partition coefficient (Wildman–Crippen LogP) is 2.44. The Bertz CT molecular complexity index is 1020. The molecule has 1 aliphatic heterocycles. The highest BCUT2D eigenvalue weighted by Crippen LogP contribution is 2.27. The van der Waals surface area contributed by atoms with Crippen molar-refractivity contribution in [3.63, 3.8) is 0 Å². The number of anilines is 2. The lowest BCUT2D eigenvalue weighted by molar-refractivity contribution is -0.121. The van der Waals surface area contributed by atoms with Crippen molar-refractivity contribution in [2.24, 2.45) is 5.92 Å². The Balaban J connectivity index is 1.43.